The fraction of sp³-hybridized carbons (Fsp3) is 0.267. The molecule has 20 heavy (non-hydrogen) atoms. The Kier molecular flexibility index (Phi) is 1.61. The summed E-state index contributed by atoms with van der Waals surface area (Å²) in [4.78, 5) is 23.1. The Labute approximate surface area is 122 Å². The molecule has 1 fully saturated rings. The second-order valence-electron chi connectivity index (χ2n) is 4.92. The van der Waals surface area contributed by atoms with Crippen molar-refractivity contribution in [2.45, 2.75) is 25.7 Å². The summed E-state index contributed by atoms with van der Waals surface area (Å²) in [6.45, 7) is -2.45. The Morgan fingerprint density at radius 3 is 3.00 bits per heavy atom. The summed E-state index contributed by atoms with van der Waals surface area (Å²) < 4.78 is 31.5. The van der Waals surface area contributed by atoms with Gasteiger partial charge < -0.3 is 10.2 Å². The molecule has 5 heteroatoms. The van der Waals surface area contributed by atoms with Crippen molar-refractivity contribution in [1.82, 2.24) is 9.97 Å². The highest BCUT2D eigenvalue weighted by Gasteiger charge is 2.37. The number of carbonyl (C=O) groups excluding carboxylic acids is 1. The molecule has 3 heterocycles. The van der Waals surface area contributed by atoms with Gasteiger partial charge in [0.1, 0.15) is 5.82 Å². The highest BCUT2D eigenvalue weighted by atomic mass is 16.1. The van der Waals surface area contributed by atoms with Gasteiger partial charge in [0, 0.05) is 22.5 Å². The van der Waals surface area contributed by atoms with E-state index in [4.69, 9.17) is 5.52 Å². The molecule has 0 saturated heterocycles. The molecule has 4 rings (SSSR count). The minimum atomic E-state index is -2.45. The van der Waals surface area contributed by atoms with E-state index in [1.165, 1.54) is 12.3 Å². The molecule has 0 radical (unpaired) electrons. The average molecular weight is 270 g/mol. The van der Waals surface area contributed by atoms with Crippen LogP contribution in [0.1, 0.15) is 32.9 Å². The molecule has 2 aromatic rings. The molecule has 1 N–H and O–H groups in total. The SMILES string of the molecule is [2H]N1C(=O)c2cccnc2N(C2CC2)c2nccc(C([2H])([2H])[2H])c21. The fourth-order valence-electron chi connectivity index (χ4n) is 2.43. The van der Waals surface area contributed by atoms with Gasteiger partial charge in [0.05, 0.1) is 11.3 Å². The first-order valence-electron chi connectivity index (χ1n) is 8.41. The number of aryl methyl sites for hydroxylation is 1. The summed E-state index contributed by atoms with van der Waals surface area (Å²) in [6, 6.07) is 4.68. The molecule has 2 aromatic heterocycles. The Balaban J connectivity index is 2.04. The number of nitrogens with zero attached hydrogens (tertiary/aromatic N) is 3. The van der Waals surface area contributed by atoms with Crippen LogP contribution < -0.4 is 10.2 Å². The standard InChI is InChI=1S/C15H14N4O/c1-9-6-8-17-14-12(9)18-15(20)11-3-2-7-16-13(11)19(14)10-4-5-10/h2-3,6-8,10H,4-5H2,1H3,(H,18,20)/i1D3/hD. The van der Waals surface area contributed by atoms with Crippen molar-refractivity contribution in [3.05, 3.63) is 41.7 Å². The molecule has 0 atom stereocenters. The predicted octanol–water partition coefficient (Wildman–Crippen LogP) is 2.65. The first-order chi connectivity index (χ1) is 11.4. The molecule has 5 nitrogen and oxygen atoms in total. The monoisotopic (exact) mass is 270 g/mol. The smallest absolute Gasteiger partial charge is 0.259 e. The van der Waals surface area contributed by atoms with Crippen LogP contribution in [-0.4, -0.2) is 21.9 Å². The molecule has 1 amide bonds. The van der Waals surface area contributed by atoms with E-state index in [9.17, 15) is 4.79 Å². The van der Waals surface area contributed by atoms with Crippen molar-refractivity contribution < 1.29 is 10.3 Å². The number of fused-ring (bicyclic) bond motifs is 2. The molecular weight excluding hydrogens is 252 g/mol. The predicted molar refractivity (Wildman–Crippen MR) is 76.3 cm³/mol. The Morgan fingerprint density at radius 2 is 2.20 bits per heavy atom. The lowest BCUT2D eigenvalue weighted by atomic mass is 10.2. The molecule has 1 saturated carbocycles. The zero-order valence-corrected chi connectivity index (χ0v) is 10.6. The van der Waals surface area contributed by atoms with Crippen LogP contribution in [0.15, 0.2) is 30.6 Å². The van der Waals surface area contributed by atoms with Gasteiger partial charge in [-0.3, -0.25) is 4.79 Å². The van der Waals surface area contributed by atoms with Gasteiger partial charge in [-0.2, -0.15) is 0 Å². The Hall–Kier alpha value is -2.43. The van der Waals surface area contributed by atoms with Crippen LogP contribution in [0, 0.1) is 6.85 Å². The molecule has 0 spiro atoms. The summed E-state index contributed by atoms with van der Waals surface area (Å²) >= 11 is 0. The Morgan fingerprint density at radius 1 is 1.35 bits per heavy atom. The molecular formula is C15H14N4O. The van der Waals surface area contributed by atoms with Gasteiger partial charge >= 0.3 is 0 Å². The average Bonchev–Trinajstić information content (AvgIpc) is 3.38. The number of amides is 1. The minimum Gasteiger partial charge on any atom is -0.318 e. The van der Waals surface area contributed by atoms with Crippen molar-refractivity contribution >= 4 is 23.2 Å². The molecule has 2 aliphatic rings. The van der Waals surface area contributed by atoms with E-state index in [-0.39, 0.29) is 22.9 Å². The normalized spacial score (nSPS) is 21.1. The lowest BCUT2D eigenvalue weighted by molar-refractivity contribution is 0.102. The lowest BCUT2D eigenvalue weighted by Gasteiger charge is -2.23. The third-order valence-electron chi connectivity index (χ3n) is 3.50. The number of hydrogen-bond donors (Lipinski definition) is 1. The van der Waals surface area contributed by atoms with Gasteiger partial charge in [-0.15, -0.1) is 0 Å². The van der Waals surface area contributed by atoms with E-state index >= 15 is 0 Å². The fourth-order valence-corrected chi connectivity index (χ4v) is 2.43. The summed E-state index contributed by atoms with van der Waals surface area (Å²) in [5, 5.41) is 0.632. The quantitative estimate of drug-likeness (QED) is 0.865. The van der Waals surface area contributed by atoms with Gasteiger partial charge in [-0.25, -0.2) is 9.97 Å². The molecule has 1 aliphatic carbocycles. The number of anilines is 3. The van der Waals surface area contributed by atoms with E-state index in [0.29, 0.717) is 16.9 Å². The molecule has 0 unspecified atom stereocenters. The second kappa shape index (κ2) is 4.03. The molecule has 1 aliphatic heterocycles. The van der Waals surface area contributed by atoms with Crippen molar-refractivity contribution in [2.75, 3.05) is 10.2 Å². The zero-order valence-electron chi connectivity index (χ0n) is 14.6. The number of aromatic nitrogens is 2. The molecule has 0 bridgehead atoms. The van der Waals surface area contributed by atoms with Crippen molar-refractivity contribution in [1.29, 1.82) is 0 Å². The minimum absolute atomic E-state index is 0.00685. The van der Waals surface area contributed by atoms with Crippen molar-refractivity contribution in [2.24, 2.45) is 0 Å². The van der Waals surface area contributed by atoms with Crippen molar-refractivity contribution in [3.63, 3.8) is 0 Å². The van der Waals surface area contributed by atoms with E-state index in [1.807, 2.05) is 0 Å². The maximum Gasteiger partial charge on any atom is 0.259 e. The number of hydrogen-bond acceptors (Lipinski definition) is 4. The topological polar surface area (TPSA) is 58.1 Å². The second-order valence-corrected chi connectivity index (χ2v) is 4.92. The molecule has 0 aromatic carbocycles. The summed E-state index contributed by atoms with van der Waals surface area (Å²) in [5.41, 5.74) is 0.218. The summed E-state index contributed by atoms with van der Waals surface area (Å²) in [5.74, 6) is 0.115. The van der Waals surface area contributed by atoms with Gasteiger partial charge in [-0.05, 0) is 43.5 Å². The third-order valence-corrected chi connectivity index (χ3v) is 3.50. The van der Waals surface area contributed by atoms with Crippen molar-refractivity contribution in [3.8, 4) is 0 Å². The van der Waals surface area contributed by atoms with Crippen LogP contribution in [0.25, 0.3) is 0 Å². The number of nitrogens with one attached hydrogen (secondary N) is 1. The van der Waals surface area contributed by atoms with Gasteiger partial charge in [-0.1, -0.05) is 0 Å². The lowest BCUT2D eigenvalue weighted by Crippen LogP contribution is -2.22. The van der Waals surface area contributed by atoms with Gasteiger partial charge in [0.15, 0.2) is 7.23 Å². The maximum atomic E-state index is 12.7. The van der Waals surface area contributed by atoms with Crippen LogP contribution in [0.4, 0.5) is 17.3 Å². The third kappa shape index (κ3) is 1.59. The summed E-state index contributed by atoms with van der Waals surface area (Å²) in [7, 11) is 0. The number of carbonyl (C=O) groups is 1. The highest BCUT2D eigenvalue weighted by Crippen LogP contribution is 2.43. The van der Waals surface area contributed by atoms with Crippen LogP contribution in [0.5, 0.6) is 0 Å². The maximum absolute atomic E-state index is 12.7. The van der Waals surface area contributed by atoms with E-state index in [1.54, 1.807) is 23.2 Å². The van der Waals surface area contributed by atoms with Gasteiger partial charge in [0.25, 0.3) is 5.91 Å². The number of rotatable bonds is 1. The Bertz CT molecular complexity index is 834. The largest absolute Gasteiger partial charge is 0.318 e. The van der Waals surface area contributed by atoms with Crippen LogP contribution in [0.3, 0.4) is 0 Å². The van der Waals surface area contributed by atoms with Gasteiger partial charge in [0.2, 0.25) is 0 Å². The molecule has 100 valence electrons. The highest BCUT2D eigenvalue weighted by molar-refractivity contribution is 6.11. The van der Waals surface area contributed by atoms with E-state index < -0.39 is 12.8 Å². The van der Waals surface area contributed by atoms with E-state index in [0.717, 1.165) is 12.8 Å². The van der Waals surface area contributed by atoms with E-state index in [2.05, 4.69) is 9.97 Å². The summed E-state index contributed by atoms with van der Waals surface area (Å²) in [6.07, 6.45) is 4.79. The van der Waals surface area contributed by atoms with Crippen LogP contribution in [-0.2, 0) is 0 Å². The zero-order chi connectivity index (χ0) is 17.1. The number of pyridine rings is 2. The first kappa shape index (κ1) is 7.99. The van der Waals surface area contributed by atoms with Crippen LogP contribution >= 0.6 is 0 Å². The van der Waals surface area contributed by atoms with Crippen LogP contribution in [0.2, 0.25) is 1.41 Å². The first-order valence-corrected chi connectivity index (χ1v) is 6.46.